The summed E-state index contributed by atoms with van der Waals surface area (Å²) < 4.78 is 5.97. The van der Waals surface area contributed by atoms with E-state index in [1.165, 1.54) is 25.7 Å². The minimum absolute atomic E-state index is 0.0698. The van der Waals surface area contributed by atoms with Crippen molar-refractivity contribution in [2.24, 2.45) is 17.8 Å². The molecule has 2 saturated heterocycles. The number of nitrogens with zero attached hydrogens (tertiary/aromatic N) is 2. The smallest absolute Gasteiger partial charge is 0.320 e. The normalized spacial score (nSPS) is 38.9. The molecule has 5 heteroatoms. The summed E-state index contributed by atoms with van der Waals surface area (Å²) in [5.74, 6) is 1.22. The van der Waals surface area contributed by atoms with Crippen LogP contribution in [0.25, 0.3) is 0 Å². The summed E-state index contributed by atoms with van der Waals surface area (Å²) in [5.41, 5.74) is 0. The van der Waals surface area contributed by atoms with Crippen molar-refractivity contribution < 1.29 is 14.3 Å². The number of ether oxygens (including phenoxy) is 1. The highest BCUT2D eigenvalue weighted by Gasteiger charge is 2.64. The predicted molar refractivity (Wildman–Crippen MR) is 90.3 cm³/mol. The van der Waals surface area contributed by atoms with Crippen molar-refractivity contribution in [3.8, 4) is 0 Å². The Balaban J connectivity index is 1.41. The summed E-state index contributed by atoms with van der Waals surface area (Å²) in [6.07, 6.45) is 6.82. The summed E-state index contributed by atoms with van der Waals surface area (Å²) in [6.45, 7) is 6.58. The maximum Gasteiger partial charge on any atom is 0.320 e. The van der Waals surface area contributed by atoms with Gasteiger partial charge in [0.15, 0.2) is 0 Å². The minimum atomic E-state index is -0.0888. The zero-order valence-corrected chi connectivity index (χ0v) is 14.9. The van der Waals surface area contributed by atoms with Gasteiger partial charge in [-0.15, -0.1) is 0 Å². The monoisotopic (exact) mass is 334 g/mol. The standard InChI is InChI=1S/C19H30N2O3/c1-12(2)21-17-14-9-13(10-15(14)19(21)23)18(17)24-16(22)11-20-7-5-3-4-6-8-20/h12-15,17-18H,3-11H2,1-2H3. The Morgan fingerprint density at radius 2 is 1.88 bits per heavy atom. The average molecular weight is 334 g/mol. The lowest BCUT2D eigenvalue weighted by Crippen LogP contribution is -2.48. The fourth-order valence-electron chi connectivity index (χ4n) is 5.70. The quantitative estimate of drug-likeness (QED) is 0.739. The van der Waals surface area contributed by atoms with Gasteiger partial charge in [-0.25, -0.2) is 0 Å². The lowest BCUT2D eigenvalue weighted by molar-refractivity contribution is -0.156. The summed E-state index contributed by atoms with van der Waals surface area (Å²) in [5, 5.41) is 0. The predicted octanol–water partition coefficient (Wildman–Crippen LogP) is 2.05. The molecule has 4 aliphatic rings. The highest BCUT2D eigenvalue weighted by molar-refractivity contribution is 5.84. The number of fused-ring (bicyclic) bond motifs is 1. The van der Waals surface area contributed by atoms with E-state index in [-0.39, 0.29) is 30.1 Å². The molecule has 0 spiro atoms. The molecule has 24 heavy (non-hydrogen) atoms. The fraction of sp³-hybridized carbons (Fsp3) is 0.895. The van der Waals surface area contributed by atoms with Crippen molar-refractivity contribution in [1.29, 1.82) is 0 Å². The minimum Gasteiger partial charge on any atom is -0.459 e. The fourth-order valence-corrected chi connectivity index (χ4v) is 5.70. The number of esters is 1. The molecule has 1 amide bonds. The number of hydrogen-bond acceptors (Lipinski definition) is 4. The van der Waals surface area contributed by atoms with Crippen molar-refractivity contribution >= 4 is 11.9 Å². The molecule has 0 N–H and O–H groups in total. The van der Waals surface area contributed by atoms with Crippen LogP contribution in [-0.4, -0.2) is 59.5 Å². The number of carbonyl (C=O) groups excluding carboxylic acids is 2. The first kappa shape index (κ1) is 16.4. The van der Waals surface area contributed by atoms with Gasteiger partial charge >= 0.3 is 5.97 Å². The molecule has 0 aromatic carbocycles. The van der Waals surface area contributed by atoms with Crippen molar-refractivity contribution in [1.82, 2.24) is 9.80 Å². The van der Waals surface area contributed by atoms with Crippen LogP contribution in [0, 0.1) is 17.8 Å². The van der Waals surface area contributed by atoms with Crippen LogP contribution in [0.1, 0.15) is 52.4 Å². The van der Waals surface area contributed by atoms with Crippen molar-refractivity contribution in [2.45, 2.75) is 70.6 Å². The molecule has 5 nitrogen and oxygen atoms in total. The summed E-state index contributed by atoms with van der Waals surface area (Å²) in [7, 11) is 0. The SMILES string of the molecule is CC(C)N1C(=O)C2CC3CC2C1C3OC(=O)CN1CCCCCC1. The first-order chi connectivity index (χ1) is 11.6. The number of rotatable bonds is 4. The van der Waals surface area contributed by atoms with Crippen molar-refractivity contribution in [3.05, 3.63) is 0 Å². The van der Waals surface area contributed by atoms with Gasteiger partial charge in [0, 0.05) is 12.0 Å². The van der Waals surface area contributed by atoms with E-state index < -0.39 is 0 Å². The molecule has 2 aliphatic heterocycles. The molecule has 134 valence electrons. The first-order valence-electron chi connectivity index (χ1n) is 9.80. The highest BCUT2D eigenvalue weighted by atomic mass is 16.5. The molecule has 2 aliphatic carbocycles. The van der Waals surface area contributed by atoms with Gasteiger partial charge in [-0.1, -0.05) is 12.8 Å². The van der Waals surface area contributed by atoms with Gasteiger partial charge in [-0.3, -0.25) is 14.5 Å². The van der Waals surface area contributed by atoms with Crippen molar-refractivity contribution in [3.63, 3.8) is 0 Å². The zero-order chi connectivity index (χ0) is 16.8. The van der Waals surface area contributed by atoms with Gasteiger partial charge in [-0.05, 0) is 64.5 Å². The van der Waals surface area contributed by atoms with Gasteiger partial charge in [0.2, 0.25) is 5.91 Å². The average Bonchev–Trinajstić information content (AvgIpc) is 3.05. The third-order valence-corrected chi connectivity index (χ3v) is 6.66. The topological polar surface area (TPSA) is 49.9 Å². The Morgan fingerprint density at radius 3 is 2.54 bits per heavy atom. The molecule has 5 atom stereocenters. The van der Waals surface area contributed by atoms with Crippen LogP contribution in [0.3, 0.4) is 0 Å². The number of amides is 1. The number of hydrogen-bond donors (Lipinski definition) is 0. The molecule has 4 rings (SSSR count). The summed E-state index contributed by atoms with van der Waals surface area (Å²) >= 11 is 0. The van der Waals surface area contributed by atoms with Gasteiger partial charge in [-0.2, -0.15) is 0 Å². The van der Waals surface area contributed by atoms with Crippen LogP contribution < -0.4 is 0 Å². The van der Waals surface area contributed by atoms with E-state index in [1.807, 2.05) is 4.90 Å². The third-order valence-electron chi connectivity index (χ3n) is 6.66. The molecule has 0 aromatic rings. The van der Waals surface area contributed by atoms with Crippen LogP contribution in [0.2, 0.25) is 0 Å². The first-order valence-corrected chi connectivity index (χ1v) is 9.80. The highest BCUT2D eigenvalue weighted by Crippen LogP contribution is 2.56. The Hall–Kier alpha value is -1.10. The maximum atomic E-state index is 12.6. The second-order valence-electron chi connectivity index (χ2n) is 8.48. The van der Waals surface area contributed by atoms with E-state index >= 15 is 0 Å². The maximum absolute atomic E-state index is 12.6. The molecule has 2 saturated carbocycles. The lowest BCUT2D eigenvalue weighted by atomic mass is 9.87. The molecule has 0 aromatic heterocycles. The van der Waals surface area contributed by atoms with Crippen LogP contribution in [0.5, 0.6) is 0 Å². The molecule has 4 fully saturated rings. The van der Waals surface area contributed by atoms with E-state index in [0.29, 0.717) is 24.3 Å². The zero-order valence-electron chi connectivity index (χ0n) is 14.9. The van der Waals surface area contributed by atoms with Gasteiger partial charge in [0.1, 0.15) is 6.10 Å². The Morgan fingerprint density at radius 1 is 1.17 bits per heavy atom. The molecule has 2 heterocycles. The number of carbonyl (C=O) groups is 2. The molecule has 5 unspecified atom stereocenters. The number of likely N-dealkylation sites (tertiary alicyclic amines) is 2. The molecular formula is C19H30N2O3. The van der Waals surface area contributed by atoms with E-state index in [4.69, 9.17) is 4.74 Å². The van der Waals surface area contributed by atoms with Crippen LogP contribution in [-0.2, 0) is 14.3 Å². The van der Waals surface area contributed by atoms with Crippen LogP contribution >= 0.6 is 0 Å². The van der Waals surface area contributed by atoms with E-state index in [1.54, 1.807) is 0 Å². The molecule has 0 radical (unpaired) electrons. The second-order valence-corrected chi connectivity index (χ2v) is 8.48. The summed E-state index contributed by atoms with van der Waals surface area (Å²) in [6, 6.07) is 0.327. The Labute approximate surface area is 144 Å². The molecular weight excluding hydrogens is 304 g/mol. The second kappa shape index (κ2) is 6.32. The third kappa shape index (κ3) is 2.65. The van der Waals surface area contributed by atoms with Gasteiger partial charge in [0.25, 0.3) is 0 Å². The van der Waals surface area contributed by atoms with E-state index in [0.717, 1.165) is 25.9 Å². The largest absolute Gasteiger partial charge is 0.459 e. The lowest BCUT2D eigenvalue weighted by Gasteiger charge is -2.34. The van der Waals surface area contributed by atoms with Crippen LogP contribution in [0.15, 0.2) is 0 Å². The summed E-state index contributed by atoms with van der Waals surface area (Å²) in [4.78, 5) is 29.4. The van der Waals surface area contributed by atoms with Crippen LogP contribution in [0.4, 0.5) is 0 Å². The van der Waals surface area contributed by atoms with E-state index in [2.05, 4.69) is 18.7 Å². The van der Waals surface area contributed by atoms with E-state index in [9.17, 15) is 9.59 Å². The van der Waals surface area contributed by atoms with Gasteiger partial charge < -0.3 is 9.64 Å². The van der Waals surface area contributed by atoms with Gasteiger partial charge in [0.05, 0.1) is 12.6 Å². The Bertz CT molecular complexity index is 513. The van der Waals surface area contributed by atoms with Crippen molar-refractivity contribution in [2.75, 3.05) is 19.6 Å². The Kier molecular flexibility index (Phi) is 4.31. The molecule has 2 bridgehead atoms.